The third-order valence-corrected chi connectivity index (χ3v) is 5.06. The molecule has 4 rings (SSSR count). The summed E-state index contributed by atoms with van der Waals surface area (Å²) in [6.45, 7) is 6.45. The molecule has 1 fully saturated rings. The molecular weight excluding hydrogens is 254 g/mol. The van der Waals surface area contributed by atoms with Gasteiger partial charge in [0.2, 0.25) is 0 Å². The zero-order valence-corrected chi connectivity index (χ0v) is 11.9. The molecule has 19 heavy (non-hydrogen) atoms. The average molecular weight is 271 g/mol. The van der Waals surface area contributed by atoms with Gasteiger partial charge in [-0.05, 0) is 18.6 Å². The van der Waals surface area contributed by atoms with Gasteiger partial charge in [0, 0.05) is 43.0 Å². The lowest BCUT2D eigenvalue weighted by Gasteiger charge is -2.26. The fraction of sp³-hybridized carbons (Fsp3) is 0.400. The molecule has 98 valence electrons. The van der Waals surface area contributed by atoms with E-state index in [9.17, 15) is 0 Å². The van der Waals surface area contributed by atoms with Crippen LogP contribution < -0.4 is 10.2 Å². The van der Waals surface area contributed by atoms with Crippen LogP contribution in [0, 0.1) is 6.92 Å². The first kappa shape index (κ1) is 11.4. The highest BCUT2D eigenvalue weighted by Gasteiger charge is 2.25. The molecule has 2 aromatic rings. The quantitative estimate of drug-likeness (QED) is 0.737. The van der Waals surface area contributed by atoms with Crippen LogP contribution >= 0.6 is 11.3 Å². The number of piperazine rings is 1. The molecule has 0 bridgehead atoms. The van der Waals surface area contributed by atoms with Gasteiger partial charge in [-0.25, -0.2) is 4.98 Å². The van der Waals surface area contributed by atoms with Gasteiger partial charge < -0.3 is 10.2 Å². The Balaban J connectivity index is 1.72. The summed E-state index contributed by atoms with van der Waals surface area (Å²) in [5.41, 5.74) is 5.35. The Morgan fingerprint density at radius 3 is 2.95 bits per heavy atom. The van der Waals surface area contributed by atoms with Crippen LogP contribution in [0.3, 0.4) is 0 Å². The van der Waals surface area contributed by atoms with E-state index >= 15 is 0 Å². The van der Waals surface area contributed by atoms with Crippen molar-refractivity contribution in [2.75, 3.05) is 31.1 Å². The Morgan fingerprint density at radius 1 is 1.26 bits per heavy atom. The van der Waals surface area contributed by atoms with E-state index in [-0.39, 0.29) is 0 Å². The van der Waals surface area contributed by atoms with Crippen LogP contribution in [-0.2, 0) is 6.42 Å². The second-order valence-corrected chi connectivity index (χ2v) is 6.40. The van der Waals surface area contributed by atoms with Crippen LogP contribution in [0.2, 0.25) is 0 Å². The van der Waals surface area contributed by atoms with E-state index < -0.39 is 0 Å². The Hall–Kier alpha value is -1.39. The Labute approximate surface area is 117 Å². The summed E-state index contributed by atoms with van der Waals surface area (Å²) in [4.78, 5) is 8.76. The zero-order chi connectivity index (χ0) is 12.8. The first-order valence-corrected chi connectivity index (χ1v) is 7.68. The molecule has 0 saturated carbocycles. The first-order valence-electron chi connectivity index (χ1n) is 6.86. The maximum Gasteiger partial charge on any atom is 0.186 e. The molecule has 3 nitrogen and oxygen atoms in total. The maximum atomic E-state index is 4.91. The fourth-order valence-corrected chi connectivity index (χ4v) is 4.05. The van der Waals surface area contributed by atoms with Gasteiger partial charge in [-0.3, -0.25) is 0 Å². The maximum absolute atomic E-state index is 4.91. The monoisotopic (exact) mass is 271 g/mol. The topological polar surface area (TPSA) is 28.2 Å². The van der Waals surface area contributed by atoms with Crippen LogP contribution in [0.4, 0.5) is 5.13 Å². The SMILES string of the molecule is Cc1ccc2c(c1)-c1nc(N3CCNCC3)sc1C2. The van der Waals surface area contributed by atoms with Crippen molar-refractivity contribution in [2.24, 2.45) is 0 Å². The number of nitrogens with one attached hydrogen (secondary N) is 1. The van der Waals surface area contributed by atoms with Crippen molar-refractivity contribution in [3.63, 3.8) is 0 Å². The molecule has 1 aliphatic heterocycles. The largest absolute Gasteiger partial charge is 0.346 e. The van der Waals surface area contributed by atoms with Crippen LogP contribution in [0.1, 0.15) is 16.0 Å². The lowest BCUT2D eigenvalue weighted by atomic mass is 10.1. The molecule has 1 aromatic heterocycles. The molecule has 4 heteroatoms. The molecule has 1 aromatic carbocycles. The van der Waals surface area contributed by atoms with Crippen molar-refractivity contribution in [2.45, 2.75) is 13.3 Å². The number of hydrogen-bond donors (Lipinski definition) is 1. The number of rotatable bonds is 1. The van der Waals surface area contributed by atoms with Crippen LogP contribution in [0.25, 0.3) is 11.3 Å². The van der Waals surface area contributed by atoms with Crippen molar-refractivity contribution in [3.8, 4) is 11.3 Å². The van der Waals surface area contributed by atoms with Gasteiger partial charge in [0.25, 0.3) is 0 Å². The summed E-state index contributed by atoms with van der Waals surface area (Å²) >= 11 is 1.88. The minimum Gasteiger partial charge on any atom is -0.346 e. The fourth-order valence-electron chi connectivity index (χ4n) is 2.90. The first-order chi connectivity index (χ1) is 9.31. The van der Waals surface area contributed by atoms with E-state index in [1.54, 1.807) is 0 Å². The van der Waals surface area contributed by atoms with Gasteiger partial charge in [0.05, 0.1) is 5.69 Å². The summed E-state index contributed by atoms with van der Waals surface area (Å²) < 4.78 is 0. The number of hydrogen-bond acceptors (Lipinski definition) is 4. The second-order valence-electron chi connectivity index (χ2n) is 5.34. The van der Waals surface area contributed by atoms with Crippen molar-refractivity contribution >= 4 is 16.5 Å². The van der Waals surface area contributed by atoms with Crippen molar-refractivity contribution < 1.29 is 0 Å². The average Bonchev–Trinajstić information content (AvgIpc) is 2.98. The molecule has 0 amide bonds. The molecule has 1 saturated heterocycles. The molecule has 1 aliphatic carbocycles. The number of aromatic nitrogens is 1. The van der Waals surface area contributed by atoms with Gasteiger partial charge in [0.15, 0.2) is 5.13 Å². The lowest BCUT2D eigenvalue weighted by molar-refractivity contribution is 0.588. The summed E-state index contributed by atoms with van der Waals surface area (Å²) in [5, 5.41) is 4.60. The Bertz CT molecular complexity index is 626. The smallest absolute Gasteiger partial charge is 0.186 e. The molecule has 2 aliphatic rings. The Morgan fingerprint density at radius 2 is 2.11 bits per heavy atom. The summed E-state index contributed by atoms with van der Waals surface area (Å²) in [5.74, 6) is 0. The summed E-state index contributed by atoms with van der Waals surface area (Å²) in [6.07, 6.45) is 1.06. The lowest BCUT2D eigenvalue weighted by Crippen LogP contribution is -2.43. The van der Waals surface area contributed by atoms with Gasteiger partial charge in [0.1, 0.15) is 0 Å². The van der Waals surface area contributed by atoms with Gasteiger partial charge in [-0.2, -0.15) is 0 Å². The molecule has 0 unspecified atom stereocenters. The van der Waals surface area contributed by atoms with E-state index in [1.165, 1.54) is 32.4 Å². The standard InChI is InChI=1S/C15H17N3S/c1-10-2-3-11-9-13-14(12(11)8-10)17-15(19-13)18-6-4-16-5-7-18/h2-3,8,16H,4-7,9H2,1H3. The predicted molar refractivity (Wildman–Crippen MR) is 80.2 cm³/mol. The minimum atomic E-state index is 1.06. The van der Waals surface area contributed by atoms with Crippen LogP contribution in [0.15, 0.2) is 18.2 Å². The number of nitrogens with zero attached hydrogens (tertiary/aromatic N) is 2. The normalized spacial score (nSPS) is 17.4. The minimum absolute atomic E-state index is 1.06. The van der Waals surface area contributed by atoms with Crippen molar-refractivity contribution in [1.29, 1.82) is 0 Å². The number of benzene rings is 1. The van der Waals surface area contributed by atoms with Crippen LogP contribution in [0.5, 0.6) is 0 Å². The van der Waals surface area contributed by atoms with E-state index in [2.05, 4.69) is 35.3 Å². The van der Waals surface area contributed by atoms with Crippen molar-refractivity contribution in [1.82, 2.24) is 10.3 Å². The second kappa shape index (κ2) is 4.32. The van der Waals surface area contributed by atoms with E-state index in [1.807, 2.05) is 11.3 Å². The number of anilines is 1. The third-order valence-electron chi connectivity index (χ3n) is 3.95. The van der Waals surface area contributed by atoms with Crippen LogP contribution in [-0.4, -0.2) is 31.2 Å². The summed E-state index contributed by atoms with van der Waals surface area (Å²) in [7, 11) is 0. The zero-order valence-electron chi connectivity index (χ0n) is 11.1. The predicted octanol–water partition coefficient (Wildman–Crippen LogP) is 2.43. The van der Waals surface area contributed by atoms with E-state index in [4.69, 9.17) is 4.98 Å². The highest BCUT2D eigenvalue weighted by Crippen LogP contribution is 2.42. The van der Waals surface area contributed by atoms with Crippen molar-refractivity contribution in [3.05, 3.63) is 34.2 Å². The van der Waals surface area contributed by atoms with E-state index in [0.29, 0.717) is 0 Å². The molecule has 0 atom stereocenters. The Kier molecular flexibility index (Phi) is 2.60. The third kappa shape index (κ3) is 1.86. The molecular formula is C15H17N3S. The number of aryl methyl sites for hydroxylation is 1. The number of thiazole rings is 1. The van der Waals surface area contributed by atoms with Gasteiger partial charge in [-0.15, -0.1) is 11.3 Å². The van der Waals surface area contributed by atoms with E-state index in [0.717, 1.165) is 32.6 Å². The molecule has 0 spiro atoms. The molecule has 1 N–H and O–H groups in total. The summed E-state index contributed by atoms with van der Waals surface area (Å²) in [6, 6.07) is 6.73. The number of fused-ring (bicyclic) bond motifs is 3. The highest BCUT2D eigenvalue weighted by molar-refractivity contribution is 7.16. The molecule has 0 radical (unpaired) electrons. The highest BCUT2D eigenvalue weighted by atomic mass is 32.1. The van der Waals surface area contributed by atoms with Gasteiger partial charge >= 0.3 is 0 Å². The molecule has 2 heterocycles. The van der Waals surface area contributed by atoms with Gasteiger partial charge in [-0.1, -0.05) is 17.7 Å².